The van der Waals surface area contributed by atoms with Gasteiger partial charge in [0.1, 0.15) is 6.54 Å². The van der Waals surface area contributed by atoms with Gasteiger partial charge >= 0.3 is 0 Å². The summed E-state index contributed by atoms with van der Waals surface area (Å²) in [6, 6.07) is 18.4. The van der Waals surface area contributed by atoms with Crippen molar-refractivity contribution in [3.63, 3.8) is 0 Å². The molecule has 6 nitrogen and oxygen atoms in total. The molecule has 1 aliphatic heterocycles. The number of nitrogens with zero attached hydrogens (tertiary/aromatic N) is 3. The number of benzene rings is 3. The summed E-state index contributed by atoms with van der Waals surface area (Å²) < 4.78 is 28.1. The summed E-state index contributed by atoms with van der Waals surface area (Å²) in [5.41, 5.74) is 2.29. The van der Waals surface area contributed by atoms with Gasteiger partial charge in [0.05, 0.1) is 20.6 Å². The molecule has 184 valence electrons. The van der Waals surface area contributed by atoms with Crippen molar-refractivity contribution in [1.29, 1.82) is 0 Å². The van der Waals surface area contributed by atoms with Crippen LogP contribution in [0.15, 0.2) is 71.6 Å². The Balaban J connectivity index is 1.57. The third-order valence-electron chi connectivity index (χ3n) is 5.95. The van der Waals surface area contributed by atoms with E-state index in [2.05, 4.69) is 4.90 Å². The summed E-state index contributed by atoms with van der Waals surface area (Å²) in [4.78, 5) is 17.2. The Morgan fingerprint density at radius 1 is 0.914 bits per heavy atom. The van der Waals surface area contributed by atoms with E-state index in [0.29, 0.717) is 31.2 Å². The van der Waals surface area contributed by atoms with E-state index in [9.17, 15) is 13.2 Å². The van der Waals surface area contributed by atoms with Gasteiger partial charge in [0, 0.05) is 36.9 Å². The van der Waals surface area contributed by atoms with Crippen molar-refractivity contribution < 1.29 is 13.2 Å². The monoisotopic (exact) mass is 551 g/mol. The van der Waals surface area contributed by atoms with Gasteiger partial charge < -0.3 is 9.80 Å². The topological polar surface area (TPSA) is 60.9 Å². The summed E-state index contributed by atoms with van der Waals surface area (Å²) >= 11 is 18.7. The summed E-state index contributed by atoms with van der Waals surface area (Å²) in [7, 11) is -4.07. The second-order valence-electron chi connectivity index (χ2n) is 8.20. The van der Waals surface area contributed by atoms with Crippen LogP contribution in [0, 0.1) is 6.92 Å². The number of hydrogen-bond donors (Lipinski definition) is 0. The van der Waals surface area contributed by atoms with Crippen LogP contribution in [0.25, 0.3) is 0 Å². The molecule has 3 aromatic carbocycles. The van der Waals surface area contributed by atoms with Crippen molar-refractivity contribution in [3.05, 3.63) is 87.4 Å². The van der Waals surface area contributed by atoms with E-state index in [-0.39, 0.29) is 26.5 Å². The van der Waals surface area contributed by atoms with Crippen molar-refractivity contribution in [2.24, 2.45) is 0 Å². The van der Waals surface area contributed by atoms with Crippen LogP contribution in [-0.2, 0) is 14.8 Å². The van der Waals surface area contributed by atoms with Crippen LogP contribution in [-0.4, -0.2) is 51.9 Å². The highest BCUT2D eigenvalue weighted by Gasteiger charge is 2.32. The van der Waals surface area contributed by atoms with Crippen molar-refractivity contribution in [1.82, 2.24) is 4.90 Å². The lowest BCUT2D eigenvalue weighted by Crippen LogP contribution is -2.52. The minimum Gasteiger partial charge on any atom is -0.368 e. The van der Waals surface area contributed by atoms with Crippen LogP contribution in [0.3, 0.4) is 0 Å². The fraction of sp³-hybridized carbons (Fsp3) is 0.240. The maximum atomic E-state index is 13.6. The zero-order valence-corrected chi connectivity index (χ0v) is 22.1. The number of anilines is 2. The van der Waals surface area contributed by atoms with E-state index in [0.717, 1.165) is 15.6 Å². The number of hydrogen-bond acceptors (Lipinski definition) is 4. The van der Waals surface area contributed by atoms with Gasteiger partial charge in [0.15, 0.2) is 0 Å². The molecule has 0 N–H and O–H groups in total. The molecule has 0 radical (unpaired) electrons. The quantitative estimate of drug-likeness (QED) is 0.405. The van der Waals surface area contributed by atoms with Gasteiger partial charge in [-0.15, -0.1) is 0 Å². The second kappa shape index (κ2) is 10.7. The highest BCUT2D eigenvalue weighted by molar-refractivity contribution is 7.92. The normalized spacial score (nSPS) is 14.2. The molecule has 1 saturated heterocycles. The molecule has 0 saturated carbocycles. The summed E-state index contributed by atoms with van der Waals surface area (Å²) in [5.74, 6) is -0.317. The number of aryl methyl sites for hydroxylation is 1. The minimum absolute atomic E-state index is 0.0603. The average Bonchev–Trinajstić information content (AvgIpc) is 2.86. The molecule has 0 aromatic heterocycles. The molecule has 0 spiro atoms. The molecule has 1 aliphatic rings. The number of piperazine rings is 1. The summed E-state index contributed by atoms with van der Waals surface area (Å²) in [6.45, 7) is 3.74. The molecule has 0 aliphatic carbocycles. The molecular formula is C25H24Cl3N3O3S. The third-order valence-corrected chi connectivity index (χ3v) is 8.77. The summed E-state index contributed by atoms with van der Waals surface area (Å²) in [6.07, 6.45) is 0. The Labute approximate surface area is 220 Å². The second-order valence-corrected chi connectivity index (χ2v) is 11.3. The van der Waals surface area contributed by atoms with Gasteiger partial charge in [0.25, 0.3) is 10.0 Å². The van der Waals surface area contributed by atoms with E-state index in [4.69, 9.17) is 34.8 Å². The van der Waals surface area contributed by atoms with Crippen LogP contribution in [0.1, 0.15) is 5.56 Å². The maximum Gasteiger partial charge on any atom is 0.264 e. The molecule has 0 unspecified atom stereocenters. The molecule has 35 heavy (non-hydrogen) atoms. The van der Waals surface area contributed by atoms with Gasteiger partial charge in [-0.2, -0.15) is 0 Å². The van der Waals surface area contributed by atoms with Crippen molar-refractivity contribution in [3.8, 4) is 0 Å². The van der Waals surface area contributed by atoms with E-state index in [1.807, 2.05) is 25.1 Å². The molecule has 0 bridgehead atoms. The van der Waals surface area contributed by atoms with Gasteiger partial charge in [0.2, 0.25) is 5.91 Å². The predicted octanol–water partition coefficient (Wildman–Crippen LogP) is 5.50. The lowest BCUT2D eigenvalue weighted by molar-refractivity contribution is -0.129. The van der Waals surface area contributed by atoms with Crippen LogP contribution < -0.4 is 9.21 Å². The van der Waals surface area contributed by atoms with E-state index >= 15 is 0 Å². The lowest BCUT2D eigenvalue weighted by Gasteiger charge is -2.37. The highest BCUT2D eigenvalue weighted by atomic mass is 35.5. The van der Waals surface area contributed by atoms with E-state index in [1.165, 1.54) is 12.1 Å². The third kappa shape index (κ3) is 5.54. The fourth-order valence-corrected chi connectivity index (χ4v) is 6.11. The Bertz CT molecular complexity index is 1330. The smallest absolute Gasteiger partial charge is 0.264 e. The van der Waals surface area contributed by atoms with Crippen LogP contribution in [0.4, 0.5) is 11.4 Å². The number of halogens is 3. The van der Waals surface area contributed by atoms with Crippen LogP contribution in [0.5, 0.6) is 0 Å². The van der Waals surface area contributed by atoms with Crippen molar-refractivity contribution in [2.45, 2.75) is 11.8 Å². The number of amides is 1. The van der Waals surface area contributed by atoms with Crippen molar-refractivity contribution >= 4 is 62.1 Å². The number of carbonyl (C=O) groups excluding carboxylic acids is 1. The molecular weight excluding hydrogens is 529 g/mol. The molecule has 0 atom stereocenters. The van der Waals surface area contributed by atoms with Crippen molar-refractivity contribution in [2.75, 3.05) is 41.9 Å². The number of carbonyl (C=O) groups is 1. The lowest BCUT2D eigenvalue weighted by atomic mass is 10.1. The largest absolute Gasteiger partial charge is 0.368 e. The van der Waals surface area contributed by atoms with Crippen LogP contribution in [0.2, 0.25) is 15.1 Å². The number of sulfonamides is 1. The first-order chi connectivity index (χ1) is 16.7. The zero-order chi connectivity index (χ0) is 25.2. The summed E-state index contributed by atoms with van der Waals surface area (Å²) in [5, 5.41) is 0.933. The van der Waals surface area contributed by atoms with E-state index < -0.39 is 16.6 Å². The fourth-order valence-electron chi connectivity index (χ4n) is 4.05. The first kappa shape index (κ1) is 25.6. The molecule has 1 amide bonds. The van der Waals surface area contributed by atoms with Crippen LogP contribution >= 0.6 is 34.8 Å². The molecule has 3 aromatic rings. The first-order valence-corrected chi connectivity index (χ1v) is 13.6. The Morgan fingerprint density at radius 2 is 1.60 bits per heavy atom. The Hall–Kier alpha value is -2.45. The molecule has 10 heteroatoms. The van der Waals surface area contributed by atoms with Gasteiger partial charge in [-0.3, -0.25) is 9.10 Å². The van der Waals surface area contributed by atoms with Gasteiger partial charge in [-0.1, -0.05) is 65.1 Å². The predicted molar refractivity (Wildman–Crippen MR) is 142 cm³/mol. The zero-order valence-electron chi connectivity index (χ0n) is 19.0. The Morgan fingerprint density at radius 3 is 2.29 bits per heavy atom. The standard InChI is InChI=1S/C25H24Cl3N3O3S/c1-18-10-11-19(26)16-23(18)29-12-14-30(15-13-29)24(32)17-31(22-9-5-8-21(27)25(22)28)35(33,34)20-6-3-2-4-7-20/h2-11,16H,12-15,17H2,1H3. The molecule has 4 rings (SSSR count). The Kier molecular flexibility index (Phi) is 7.81. The van der Waals surface area contributed by atoms with Gasteiger partial charge in [-0.05, 0) is 48.9 Å². The average molecular weight is 553 g/mol. The molecule has 1 heterocycles. The maximum absolute atomic E-state index is 13.6. The molecule has 1 fully saturated rings. The first-order valence-electron chi connectivity index (χ1n) is 11.0. The number of rotatable bonds is 6. The highest BCUT2D eigenvalue weighted by Crippen LogP contribution is 2.35. The SMILES string of the molecule is Cc1ccc(Cl)cc1N1CCN(C(=O)CN(c2cccc(Cl)c2Cl)S(=O)(=O)c2ccccc2)CC1. The minimum atomic E-state index is -4.07. The van der Waals surface area contributed by atoms with Gasteiger partial charge in [-0.25, -0.2) is 8.42 Å². The van der Waals surface area contributed by atoms with E-state index in [1.54, 1.807) is 41.3 Å².